The predicted molar refractivity (Wildman–Crippen MR) is 127 cm³/mol. The molecule has 10 nitrogen and oxygen atoms in total. The van der Waals surface area contributed by atoms with Crippen LogP contribution in [0.25, 0.3) is 11.0 Å². The SMILES string of the molecule is Cn1c(=O)n(C2CCC(=O)NC2=O)c2cccc(CCCOCCCN(C(=O)O)C(C)(C)C)c21. The Bertz CT molecular complexity index is 1130. The summed E-state index contributed by atoms with van der Waals surface area (Å²) in [6.07, 6.45) is 1.61. The van der Waals surface area contributed by atoms with Gasteiger partial charge in [0.05, 0.1) is 11.0 Å². The molecular formula is C24H34N4O6. The summed E-state index contributed by atoms with van der Waals surface area (Å²) in [5.41, 5.74) is 1.70. The second kappa shape index (κ2) is 10.4. The third-order valence-electron chi connectivity index (χ3n) is 6.15. The first-order valence-electron chi connectivity index (χ1n) is 11.6. The highest BCUT2D eigenvalue weighted by Crippen LogP contribution is 2.25. The maximum Gasteiger partial charge on any atom is 0.407 e. The lowest BCUT2D eigenvalue weighted by atomic mass is 10.0. The van der Waals surface area contributed by atoms with Crippen LogP contribution in [-0.2, 0) is 27.8 Å². The molecule has 0 saturated carbocycles. The minimum atomic E-state index is -0.935. The molecule has 1 aliphatic heterocycles. The quantitative estimate of drug-likeness (QED) is 0.425. The first-order valence-corrected chi connectivity index (χ1v) is 11.6. The van der Waals surface area contributed by atoms with Crippen molar-refractivity contribution in [3.05, 3.63) is 34.2 Å². The largest absolute Gasteiger partial charge is 0.465 e. The van der Waals surface area contributed by atoms with Gasteiger partial charge in [-0.3, -0.25) is 24.0 Å². The van der Waals surface area contributed by atoms with Gasteiger partial charge < -0.3 is 14.7 Å². The van der Waals surface area contributed by atoms with E-state index in [-0.39, 0.29) is 18.0 Å². The lowest BCUT2D eigenvalue weighted by molar-refractivity contribution is -0.135. The first-order chi connectivity index (χ1) is 16.0. The topological polar surface area (TPSA) is 123 Å². The Labute approximate surface area is 198 Å². The molecule has 2 aromatic rings. The summed E-state index contributed by atoms with van der Waals surface area (Å²) < 4.78 is 8.75. The number of aryl methyl sites for hydroxylation is 2. The molecule has 3 rings (SSSR count). The minimum Gasteiger partial charge on any atom is -0.465 e. The molecule has 0 aliphatic carbocycles. The number of ether oxygens (including phenoxy) is 1. The highest BCUT2D eigenvalue weighted by molar-refractivity contribution is 6.00. The predicted octanol–water partition coefficient (Wildman–Crippen LogP) is 2.44. The van der Waals surface area contributed by atoms with Crippen molar-refractivity contribution in [1.82, 2.24) is 19.4 Å². The second-order valence-corrected chi connectivity index (χ2v) is 9.64. The molecule has 3 amide bonds. The van der Waals surface area contributed by atoms with Crippen LogP contribution >= 0.6 is 0 Å². The van der Waals surface area contributed by atoms with Crippen molar-refractivity contribution in [2.24, 2.45) is 7.05 Å². The lowest BCUT2D eigenvalue weighted by Gasteiger charge is -2.33. The fourth-order valence-electron chi connectivity index (χ4n) is 4.46. The number of piperidine rings is 1. The molecule has 2 N–H and O–H groups in total. The molecule has 1 saturated heterocycles. The summed E-state index contributed by atoms with van der Waals surface area (Å²) >= 11 is 0. The van der Waals surface area contributed by atoms with Crippen molar-refractivity contribution in [3.63, 3.8) is 0 Å². The summed E-state index contributed by atoms with van der Waals surface area (Å²) in [5.74, 6) is -0.762. The molecule has 1 atom stereocenters. The molecule has 1 unspecified atom stereocenters. The molecular weight excluding hydrogens is 440 g/mol. The molecule has 2 heterocycles. The first kappa shape index (κ1) is 25.5. The number of carboxylic acid groups (broad SMARTS) is 1. The van der Waals surface area contributed by atoms with Crippen molar-refractivity contribution in [3.8, 4) is 0 Å². The summed E-state index contributed by atoms with van der Waals surface area (Å²) in [6, 6.07) is 4.95. The van der Waals surface area contributed by atoms with E-state index in [2.05, 4.69) is 5.32 Å². The number of hydrogen-bond donors (Lipinski definition) is 2. The molecule has 0 radical (unpaired) electrons. The number of carbonyl (C=O) groups excluding carboxylic acids is 2. The van der Waals surface area contributed by atoms with E-state index in [1.54, 1.807) is 11.6 Å². The van der Waals surface area contributed by atoms with Gasteiger partial charge in [-0.2, -0.15) is 0 Å². The van der Waals surface area contributed by atoms with Gasteiger partial charge in [-0.25, -0.2) is 9.59 Å². The van der Waals surface area contributed by atoms with Crippen LogP contribution in [0.3, 0.4) is 0 Å². The number of nitrogens with one attached hydrogen (secondary N) is 1. The lowest BCUT2D eigenvalue weighted by Crippen LogP contribution is -2.45. The molecule has 34 heavy (non-hydrogen) atoms. The third-order valence-corrected chi connectivity index (χ3v) is 6.15. The molecule has 1 fully saturated rings. The number of rotatable bonds is 9. The highest BCUT2D eigenvalue weighted by Gasteiger charge is 2.31. The maximum atomic E-state index is 13.0. The van der Waals surface area contributed by atoms with Gasteiger partial charge in [-0.05, 0) is 58.1 Å². The van der Waals surface area contributed by atoms with Crippen LogP contribution in [0.1, 0.15) is 58.1 Å². The van der Waals surface area contributed by atoms with E-state index in [1.165, 1.54) is 9.47 Å². The van der Waals surface area contributed by atoms with Gasteiger partial charge in [-0.1, -0.05) is 12.1 Å². The van der Waals surface area contributed by atoms with E-state index in [0.717, 1.165) is 17.5 Å². The zero-order chi connectivity index (χ0) is 25.0. The molecule has 1 aliphatic rings. The minimum absolute atomic E-state index is 0.205. The fourth-order valence-corrected chi connectivity index (χ4v) is 4.46. The van der Waals surface area contributed by atoms with Crippen LogP contribution in [0.4, 0.5) is 4.79 Å². The summed E-state index contributed by atoms with van der Waals surface area (Å²) in [5, 5.41) is 11.7. The number of amides is 3. The molecule has 0 spiro atoms. The number of carbonyl (C=O) groups is 3. The average Bonchev–Trinajstić information content (AvgIpc) is 3.00. The molecule has 186 valence electrons. The van der Waals surface area contributed by atoms with Crippen LogP contribution in [0, 0.1) is 0 Å². The summed E-state index contributed by atoms with van der Waals surface area (Å²) in [7, 11) is 1.69. The van der Waals surface area contributed by atoms with Crippen LogP contribution < -0.4 is 11.0 Å². The van der Waals surface area contributed by atoms with E-state index in [9.17, 15) is 24.3 Å². The van der Waals surface area contributed by atoms with E-state index in [4.69, 9.17) is 4.74 Å². The van der Waals surface area contributed by atoms with Gasteiger partial charge in [-0.15, -0.1) is 0 Å². The van der Waals surface area contributed by atoms with E-state index < -0.39 is 23.6 Å². The third kappa shape index (κ3) is 5.49. The van der Waals surface area contributed by atoms with Crippen molar-refractivity contribution >= 4 is 28.9 Å². The second-order valence-electron chi connectivity index (χ2n) is 9.64. The average molecular weight is 475 g/mol. The number of hydrogen-bond acceptors (Lipinski definition) is 5. The number of para-hydroxylation sites is 1. The summed E-state index contributed by atoms with van der Waals surface area (Å²) in [6.45, 7) is 6.99. The van der Waals surface area contributed by atoms with Gasteiger partial charge in [0.2, 0.25) is 11.8 Å². The monoisotopic (exact) mass is 474 g/mol. The molecule has 10 heteroatoms. The Morgan fingerprint density at radius 3 is 2.56 bits per heavy atom. The zero-order valence-electron chi connectivity index (χ0n) is 20.3. The van der Waals surface area contributed by atoms with Crippen molar-refractivity contribution < 1.29 is 24.2 Å². The normalized spacial score (nSPS) is 16.6. The van der Waals surface area contributed by atoms with Crippen LogP contribution in [0.2, 0.25) is 0 Å². The Balaban J connectivity index is 1.60. The number of fused-ring (bicyclic) bond motifs is 1. The Kier molecular flexibility index (Phi) is 7.81. The number of nitrogens with zero attached hydrogens (tertiary/aromatic N) is 3. The number of aromatic nitrogens is 2. The van der Waals surface area contributed by atoms with Crippen LogP contribution in [-0.4, -0.2) is 62.3 Å². The van der Waals surface area contributed by atoms with Gasteiger partial charge >= 0.3 is 11.8 Å². The maximum absolute atomic E-state index is 13.0. The standard InChI is InChI=1S/C24H34N4O6/c1-24(2,3)27(23(32)33)13-7-15-34-14-6-9-16-8-5-10-17-20(16)26(4)22(31)28(17)18-11-12-19(29)25-21(18)30/h5,8,10,18H,6-7,9,11-15H2,1-4H3,(H,32,33)(H,25,29,30). The Morgan fingerprint density at radius 1 is 1.21 bits per heavy atom. The number of imidazole rings is 1. The van der Waals surface area contributed by atoms with Crippen molar-refractivity contribution in [2.75, 3.05) is 19.8 Å². The van der Waals surface area contributed by atoms with E-state index in [0.29, 0.717) is 44.5 Å². The van der Waals surface area contributed by atoms with Gasteiger partial charge in [0.25, 0.3) is 0 Å². The van der Waals surface area contributed by atoms with Crippen LogP contribution in [0.15, 0.2) is 23.0 Å². The van der Waals surface area contributed by atoms with Gasteiger partial charge in [0, 0.05) is 38.8 Å². The van der Waals surface area contributed by atoms with Gasteiger partial charge in [0.1, 0.15) is 6.04 Å². The van der Waals surface area contributed by atoms with Crippen molar-refractivity contribution in [2.45, 2.75) is 64.5 Å². The van der Waals surface area contributed by atoms with E-state index in [1.807, 2.05) is 39.0 Å². The Morgan fingerprint density at radius 2 is 1.91 bits per heavy atom. The Hall–Kier alpha value is -3.14. The van der Waals surface area contributed by atoms with Crippen LogP contribution in [0.5, 0.6) is 0 Å². The number of benzene rings is 1. The molecule has 1 aromatic carbocycles. The van der Waals surface area contributed by atoms with Gasteiger partial charge in [0.15, 0.2) is 0 Å². The number of imide groups is 1. The molecule has 1 aromatic heterocycles. The smallest absolute Gasteiger partial charge is 0.407 e. The zero-order valence-corrected chi connectivity index (χ0v) is 20.3. The van der Waals surface area contributed by atoms with E-state index >= 15 is 0 Å². The summed E-state index contributed by atoms with van der Waals surface area (Å²) in [4.78, 5) is 49.7. The van der Waals surface area contributed by atoms with Crippen molar-refractivity contribution in [1.29, 1.82) is 0 Å². The highest BCUT2D eigenvalue weighted by atomic mass is 16.5. The fraction of sp³-hybridized carbons (Fsp3) is 0.583. The molecule has 0 bridgehead atoms.